The molecule has 0 radical (unpaired) electrons. The number of ether oxygens (including phenoxy) is 2. The zero-order chi connectivity index (χ0) is 38.1. The second-order valence-corrected chi connectivity index (χ2v) is 16.2. The van der Waals surface area contributed by atoms with Crippen molar-refractivity contribution in [3.63, 3.8) is 0 Å². The van der Waals surface area contributed by atoms with E-state index < -0.39 is 96.9 Å². The van der Waals surface area contributed by atoms with Gasteiger partial charge >= 0.3 is 23.5 Å². The van der Waals surface area contributed by atoms with E-state index in [0.29, 0.717) is 5.56 Å². The molecule has 4 aromatic heterocycles. The van der Waals surface area contributed by atoms with Crippen LogP contribution in [0.15, 0.2) is 28.0 Å². The van der Waals surface area contributed by atoms with E-state index in [2.05, 4.69) is 37.6 Å². The molecule has 2 fully saturated rings. The highest BCUT2D eigenvalue weighted by Crippen LogP contribution is 2.67. The number of hydrogen-bond acceptors (Lipinski definition) is 19. The number of nitrogens with one attached hydrogen (secondary N) is 2. The van der Waals surface area contributed by atoms with Crippen LogP contribution in [0.25, 0.3) is 22.1 Å². The Labute approximate surface area is 287 Å². The molecule has 0 aromatic carbocycles. The highest BCUT2D eigenvalue weighted by molar-refractivity contribution is 7.66. The van der Waals surface area contributed by atoms with E-state index in [9.17, 15) is 58.4 Å². The van der Waals surface area contributed by atoms with E-state index in [1.54, 1.807) is 6.92 Å². The van der Waals surface area contributed by atoms with Crippen molar-refractivity contribution >= 4 is 57.4 Å². The summed E-state index contributed by atoms with van der Waals surface area (Å²) in [5.41, 5.74) is 10.3. The molecule has 29 heteroatoms. The molecule has 6 rings (SSSR count). The minimum absolute atomic E-state index is 0.0259. The maximum absolute atomic E-state index is 12.5. The highest BCUT2D eigenvalue weighted by Gasteiger charge is 2.49. The van der Waals surface area contributed by atoms with Gasteiger partial charge in [0.2, 0.25) is 11.9 Å². The van der Waals surface area contributed by atoms with Gasteiger partial charge in [0, 0.05) is 12.4 Å². The molecule has 26 nitrogen and oxygen atoms in total. The summed E-state index contributed by atoms with van der Waals surface area (Å²) in [6.45, 7) is -0.594. The number of aromatic amines is 2. The van der Waals surface area contributed by atoms with E-state index >= 15 is 0 Å². The highest BCUT2D eigenvalue weighted by atomic mass is 31.3. The van der Waals surface area contributed by atoms with Crippen LogP contribution in [0.5, 0.6) is 0 Å². The third-order valence-corrected chi connectivity index (χ3v) is 12.2. The van der Waals surface area contributed by atoms with Gasteiger partial charge in [0.05, 0.1) is 24.0 Å². The van der Waals surface area contributed by atoms with E-state index in [-0.39, 0.29) is 34.0 Å². The van der Waals surface area contributed by atoms with Crippen molar-refractivity contribution in [3.05, 3.63) is 44.7 Å². The van der Waals surface area contributed by atoms with Gasteiger partial charge in [-0.25, -0.2) is 13.7 Å². The number of aryl methyl sites for hydroxylation is 1. The average Bonchev–Trinajstić information content (AvgIpc) is 3.74. The van der Waals surface area contributed by atoms with Crippen LogP contribution in [0.4, 0.5) is 11.9 Å². The van der Waals surface area contributed by atoms with Gasteiger partial charge in [-0.1, -0.05) is 0 Å². The fourth-order valence-electron chi connectivity index (χ4n) is 5.67. The van der Waals surface area contributed by atoms with E-state index in [1.165, 1.54) is 23.0 Å². The van der Waals surface area contributed by atoms with Crippen molar-refractivity contribution in [3.8, 4) is 0 Å². The molecular formula is C23H31N8O18P3. The van der Waals surface area contributed by atoms with Crippen LogP contribution >= 0.6 is 23.5 Å². The maximum Gasteiger partial charge on any atom is 0.490 e. The Kier molecular flexibility index (Phi) is 10.2. The van der Waals surface area contributed by atoms with Crippen molar-refractivity contribution in [2.45, 2.75) is 56.0 Å². The Balaban J connectivity index is 1.05. The molecule has 0 spiro atoms. The molecule has 0 aliphatic carbocycles. The maximum atomic E-state index is 12.5. The molecule has 0 amide bonds. The quantitative estimate of drug-likeness (QED) is 0.0662. The normalized spacial score (nSPS) is 30.1. The summed E-state index contributed by atoms with van der Waals surface area (Å²) in [5.74, 6) is -0.534. The molecule has 4 aromatic rings. The van der Waals surface area contributed by atoms with Crippen LogP contribution in [0, 0.1) is 6.92 Å². The first-order chi connectivity index (χ1) is 24.2. The first kappa shape index (κ1) is 38.3. The molecular weight excluding hydrogens is 769 g/mol. The number of aliphatic hydroxyl groups excluding tert-OH is 4. The van der Waals surface area contributed by atoms with E-state index in [1.807, 2.05) is 0 Å². The summed E-state index contributed by atoms with van der Waals surface area (Å²) in [5, 5.41) is 42.3. The summed E-state index contributed by atoms with van der Waals surface area (Å²) in [6, 6.07) is 1.32. The fraction of sp³-hybridized carbons (Fsp3) is 0.478. The molecule has 6 unspecified atom stereocenters. The predicted molar refractivity (Wildman–Crippen MR) is 170 cm³/mol. The number of fused-ring (bicyclic) bond motifs is 2. The monoisotopic (exact) mass is 800 g/mol. The topological polar surface area (TPSA) is 402 Å². The summed E-state index contributed by atoms with van der Waals surface area (Å²) < 4.78 is 68.1. The number of phosphoric ester groups is 2. The van der Waals surface area contributed by atoms with Gasteiger partial charge in [0.1, 0.15) is 36.6 Å². The largest absolute Gasteiger partial charge is 0.490 e. The number of H-pyrrole nitrogens is 2. The minimum atomic E-state index is -5.99. The molecule has 13 N–H and O–H groups in total. The fourth-order valence-corrected chi connectivity index (χ4v) is 9.19. The number of rotatable bonds is 12. The van der Waals surface area contributed by atoms with Gasteiger partial charge in [0.25, 0.3) is 11.1 Å². The Morgan fingerprint density at radius 2 is 1.25 bits per heavy atom. The van der Waals surface area contributed by atoms with Crippen LogP contribution in [-0.4, -0.2) is 114 Å². The number of anilines is 2. The molecule has 6 heterocycles. The van der Waals surface area contributed by atoms with Crippen LogP contribution in [0.1, 0.15) is 18.0 Å². The lowest BCUT2D eigenvalue weighted by Crippen LogP contribution is -2.33. The minimum Gasteiger partial charge on any atom is -0.387 e. The number of aromatic nitrogens is 6. The SMILES string of the molecule is Cc1cn([C@@H]2O[C@H](COP(=O)(O)OP(=O)(O)OP(=O)(O)OC[C@H]3O[C@@H](n4ccc5c(=O)[nH]c(N)nc54)C(O)[C@H]3O)C(O)C2O)c2nc(N)[nH]c(=O)c12. The van der Waals surface area contributed by atoms with Crippen molar-refractivity contribution < 1.29 is 75.9 Å². The lowest BCUT2D eigenvalue weighted by Gasteiger charge is -2.21. The zero-order valence-electron chi connectivity index (χ0n) is 26.2. The van der Waals surface area contributed by atoms with Gasteiger partial charge in [-0.2, -0.15) is 18.6 Å². The summed E-state index contributed by atoms with van der Waals surface area (Å²) in [6.07, 6.45) is -10.4. The summed E-state index contributed by atoms with van der Waals surface area (Å²) >= 11 is 0. The molecule has 2 aliphatic rings. The summed E-state index contributed by atoms with van der Waals surface area (Å²) in [7, 11) is -17.3. The molecule has 0 bridgehead atoms. The van der Waals surface area contributed by atoms with E-state index in [4.69, 9.17) is 20.9 Å². The second-order valence-electron chi connectivity index (χ2n) is 11.5. The zero-order valence-corrected chi connectivity index (χ0v) is 28.9. The van der Waals surface area contributed by atoms with Gasteiger partial charge in [-0.05, 0) is 18.6 Å². The number of nitrogens with two attached hydrogens (primary N) is 2. The van der Waals surface area contributed by atoms with Gasteiger partial charge in [-0.15, -0.1) is 0 Å². The molecule has 11 atom stereocenters. The predicted octanol–water partition coefficient (Wildman–Crippen LogP) is -2.46. The Bertz CT molecular complexity index is 2280. The third kappa shape index (κ3) is 7.51. The number of nitrogens with zero attached hydrogens (tertiary/aromatic N) is 4. The standard InChI is InChI=1S/C23H31N8O18P3/c1-7-4-31(17-11(7)19(37)29-23(25)27-17)21-15(35)13(33)10(47-21)6-45-51(40,41)49-52(42,43)48-50(38,39)44-5-9-12(32)14(34)20(46-9)30-3-2-8-16(30)26-22(24)28-18(8)36/h2-4,9-10,12-15,20-21,32-35H,5-6H2,1H3,(H,38,39)(H,40,41)(H,42,43)(H3,24,26,28,36)(H3,25,27,29,37)/t9-,10-,12+,13?,14?,15?,20-,21-/m1/s1. The molecule has 52 heavy (non-hydrogen) atoms. The van der Waals surface area contributed by atoms with Crippen molar-refractivity contribution in [1.29, 1.82) is 0 Å². The number of aliphatic hydroxyl groups is 4. The second kappa shape index (κ2) is 13.8. The lowest BCUT2D eigenvalue weighted by molar-refractivity contribution is -0.0508. The van der Waals surface area contributed by atoms with E-state index in [0.717, 1.165) is 4.57 Å². The van der Waals surface area contributed by atoms with Crippen molar-refractivity contribution in [2.24, 2.45) is 0 Å². The Morgan fingerprint density at radius 3 is 1.79 bits per heavy atom. The summed E-state index contributed by atoms with van der Waals surface area (Å²) in [4.78, 5) is 67.0. The van der Waals surface area contributed by atoms with Crippen LogP contribution < -0.4 is 22.6 Å². The van der Waals surface area contributed by atoms with Crippen LogP contribution in [-0.2, 0) is 40.8 Å². The van der Waals surface area contributed by atoms with Gasteiger partial charge in [-0.3, -0.25) is 28.6 Å². The smallest absolute Gasteiger partial charge is 0.387 e. The molecule has 2 aliphatic heterocycles. The van der Waals surface area contributed by atoms with Gasteiger partial charge in [0.15, 0.2) is 23.8 Å². The van der Waals surface area contributed by atoms with Crippen molar-refractivity contribution in [1.82, 2.24) is 29.1 Å². The van der Waals surface area contributed by atoms with Crippen molar-refractivity contribution in [2.75, 3.05) is 24.7 Å². The average molecular weight is 800 g/mol. The Hall–Kier alpha value is -3.39. The van der Waals surface area contributed by atoms with Crippen LogP contribution in [0.2, 0.25) is 0 Å². The van der Waals surface area contributed by atoms with Gasteiger partial charge < -0.3 is 65.2 Å². The van der Waals surface area contributed by atoms with Crippen LogP contribution in [0.3, 0.4) is 0 Å². The first-order valence-electron chi connectivity index (χ1n) is 14.6. The number of nitrogen functional groups attached to an aromatic ring is 2. The number of hydrogen-bond donors (Lipinski definition) is 11. The Morgan fingerprint density at radius 1 is 0.769 bits per heavy atom. The molecule has 286 valence electrons. The number of phosphoric acid groups is 3. The lowest BCUT2D eigenvalue weighted by atomic mass is 10.1. The molecule has 0 saturated carbocycles. The first-order valence-corrected chi connectivity index (χ1v) is 19.1. The third-order valence-electron chi connectivity index (χ3n) is 7.93. The molecule has 2 saturated heterocycles.